The fourth-order valence-corrected chi connectivity index (χ4v) is 3.87. The molecule has 0 bridgehead atoms. The third-order valence-corrected chi connectivity index (χ3v) is 5.20. The molecule has 0 atom stereocenters. The molecular weight excluding hydrogens is 360 g/mol. The monoisotopic (exact) mass is 388 g/mol. The van der Waals surface area contributed by atoms with Crippen LogP contribution in [-0.2, 0) is 19.4 Å². The van der Waals surface area contributed by atoms with Crippen molar-refractivity contribution in [3.05, 3.63) is 109 Å². The van der Waals surface area contributed by atoms with E-state index in [2.05, 4.69) is 41.9 Å². The van der Waals surface area contributed by atoms with Crippen molar-refractivity contribution in [1.29, 1.82) is 0 Å². The molecule has 3 aromatic rings. The fraction of sp³-hybridized carbons (Fsp3) is 0.280. The minimum atomic E-state index is -0.374. The fourth-order valence-electron chi connectivity index (χ4n) is 3.87. The number of aromatic amines is 1. The molecule has 3 rings (SSSR count). The number of hydrogen-bond acceptors (Lipinski definition) is 2. The molecular formula is C25H28N2O2. The highest BCUT2D eigenvalue weighted by molar-refractivity contribution is 5.78. The molecule has 4 heteroatoms. The van der Waals surface area contributed by atoms with Gasteiger partial charge in [-0.1, -0.05) is 73.2 Å². The summed E-state index contributed by atoms with van der Waals surface area (Å²) in [4.78, 5) is 27.7. The Hall–Kier alpha value is -3.14. The van der Waals surface area contributed by atoms with E-state index in [1.165, 1.54) is 5.56 Å². The summed E-state index contributed by atoms with van der Waals surface area (Å²) in [5.41, 5.74) is 5.71. The number of aryl methyl sites for hydroxylation is 3. The first kappa shape index (κ1) is 20.6. The lowest BCUT2D eigenvalue weighted by Gasteiger charge is -2.18. The second kappa shape index (κ2) is 8.91. The largest absolute Gasteiger partial charge is 0.328 e. The molecule has 0 saturated heterocycles. The van der Waals surface area contributed by atoms with Gasteiger partial charge in [-0.05, 0) is 49.8 Å². The van der Waals surface area contributed by atoms with Gasteiger partial charge in [-0.3, -0.25) is 14.3 Å². The van der Waals surface area contributed by atoms with E-state index in [0.717, 1.165) is 35.1 Å². The van der Waals surface area contributed by atoms with E-state index in [4.69, 9.17) is 0 Å². The first-order valence-electron chi connectivity index (χ1n) is 10.1. The van der Waals surface area contributed by atoms with Crippen LogP contribution in [0.3, 0.4) is 0 Å². The van der Waals surface area contributed by atoms with Crippen LogP contribution in [0.4, 0.5) is 0 Å². The van der Waals surface area contributed by atoms with Gasteiger partial charge >= 0.3 is 5.69 Å². The maximum absolute atomic E-state index is 12.7. The van der Waals surface area contributed by atoms with Gasteiger partial charge in [0.15, 0.2) is 0 Å². The van der Waals surface area contributed by atoms with Crippen molar-refractivity contribution >= 4 is 5.57 Å². The molecule has 0 saturated carbocycles. The molecule has 0 aliphatic heterocycles. The van der Waals surface area contributed by atoms with Gasteiger partial charge in [0.2, 0.25) is 0 Å². The van der Waals surface area contributed by atoms with E-state index in [9.17, 15) is 9.59 Å². The molecule has 0 fully saturated rings. The van der Waals surface area contributed by atoms with Crippen LogP contribution < -0.4 is 11.2 Å². The summed E-state index contributed by atoms with van der Waals surface area (Å²) in [7, 11) is 0. The van der Waals surface area contributed by atoms with Crippen LogP contribution in [0.15, 0.2) is 64.7 Å². The van der Waals surface area contributed by atoms with Crippen LogP contribution in [0.2, 0.25) is 0 Å². The smallest absolute Gasteiger partial charge is 0.293 e. The van der Waals surface area contributed by atoms with Crippen LogP contribution >= 0.6 is 0 Å². The van der Waals surface area contributed by atoms with Gasteiger partial charge in [-0.25, -0.2) is 4.79 Å². The molecule has 0 radical (unpaired) electrons. The molecule has 0 aliphatic carbocycles. The minimum Gasteiger partial charge on any atom is -0.293 e. The Morgan fingerprint density at radius 3 is 2.31 bits per heavy atom. The van der Waals surface area contributed by atoms with Gasteiger partial charge in [-0.15, -0.1) is 0 Å². The molecule has 2 aromatic carbocycles. The van der Waals surface area contributed by atoms with Crippen molar-refractivity contribution in [1.82, 2.24) is 9.55 Å². The lowest BCUT2D eigenvalue weighted by Crippen LogP contribution is -2.35. The summed E-state index contributed by atoms with van der Waals surface area (Å²) < 4.78 is 1.68. The Morgan fingerprint density at radius 2 is 1.69 bits per heavy atom. The summed E-state index contributed by atoms with van der Waals surface area (Å²) in [5, 5.41) is 0. The van der Waals surface area contributed by atoms with Crippen molar-refractivity contribution in [3.63, 3.8) is 0 Å². The van der Waals surface area contributed by atoms with E-state index in [1.54, 1.807) is 4.57 Å². The van der Waals surface area contributed by atoms with Gasteiger partial charge < -0.3 is 0 Å². The molecule has 1 aromatic heterocycles. The van der Waals surface area contributed by atoms with Gasteiger partial charge in [0.1, 0.15) is 0 Å². The minimum absolute atomic E-state index is 0.322. The third kappa shape index (κ3) is 4.65. The number of H-pyrrole nitrogens is 1. The van der Waals surface area contributed by atoms with Crippen molar-refractivity contribution in [3.8, 4) is 0 Å². The number of nitrogens with zero attached hydrogens (tertiary/aromatic N) is 1. The number of aromatic nitrogens is 2. The van der Waals surface area contributed by atoms with Crippen molar-refractivity contribution < 1.29 is 0 Å². The first-order chi connectivity index (χ1) is 13.9. The van der Waals surface area contributed by atoms with Crippen LogP contribution in [0.25, 0.3) is 5.57 Å². The maximum atomic E-state index is 12.7. The standard InChI is InChI=1S/C25H28N2O2/c1-5-22-23(19(4)21-15-17(2)14-18(3)16-21)27(25(29)26-24(22)28)13-9-12-20-10-7-6-8-11-20/h6-8,10-11,14-16H,4-5,9,12-13H2,1-3H3,(H,26,28,29). The van der Waals surface area contributed by atoms with Crippen molar-refractivity contribution in [2.75, 3.05) is 0 Å². The van der Waals surface area contributed by atoms with E-state index in [0.29, 0.717) is 24.2 Å². The van der Waals surface area contributed by atoms with Crippen LogP contribution in [0.1, 0.15) is 46.9 Å². The molecule has 0 spiro atoms. The lowest BCUT2D eigenvalue weighted by atomic mass is 9.96. The Labute approximate surface area is 171 Å². The van der Waals surface area contributed by atoms with Crippen LogP contribution in [-0.4, -0.2) is 9.55 Å². The van der Waals surface area contributed by atoms with E-state index < -0.39 is 0 Å². The molecule has 0 unspecified atom stereocenters. The first-order valence-corrected chi connectivity index (χ1v) is 10.1. The summed E-state index contributed by atoms with van der Waals surface area (Å²) >= 11 is 0. The molecule has 0 aliphatic rings. The Balaban J connectivity index is 2.02. The van der Waals surface area contributed by atoms with Crippen molar-refractivity contribution in [2.24, 2.45) is 0 Å². The average molecular weight is 389 g/mol. The Morgan fingerprint density at radius 1 is 1.03 bits per heavy atom. The number of rotatable bonds is 7. The number of hydrogen-bond donors (Lipinski definition) is 1. The predicted octanol–water partition coefficient (Wildman–Crippen LogP) is 4.41. The quantitative estimate of drug-likeness (QED) is 0.652. The van der Waals surface area contributed by atoms with E-state index in [-0.39, 0.29) is 11.2 Å². The summed E-state index contributed by atoms with van der Waals surface area (Å²) in [6, 6.07) is 16.4. The maximum Gasteiger partial charge on any atom is 0.328 e. The topological polar surface area (TPSA) is 54.9 Å². The molecule has 29 heavy (non-hydrogen) atoms. The number of nitrogens with one attached hydrogen (secondary N) is 1. The lowest BCUT2D eigenvalue weighted by molar-refractivity contribution is 0.593. The Kier molecular flexibility index (Phi) is 6.32. The summed E-state index contributed by atoms with van der Waals surface area (Å²) in [6.07, 6.45) is 2.20. The van der Waals surface area contributed by atoms with E-state index >= 15 is 0 Å². The molecule has 150 valence electrons. The second-order valence-corrected chi connectivity index (χ2v) is 7.54. The Bertz CT molecular complexity index is 1120. The zero-order valence-corrected chi connectivity index (χ0v) is 17.4. The van der Waals surface area contributed by atoms with E-state index in [1.807, 2.05) is 39.0 Å². The van der Waals surface area contributed by atoms with Gasteiger partial charge in [0.05, 0.1) is 5.69 Å². The molecule has 0 amide bonds. The highest BCUT2D eigenvalue weighted by atomic mass is 16.2. The SMILES string of the molecule is C=C(c1cc(C)cc(C)c1)c1c(CC)c(=O)[nH]c(=O)n1CCCc1ccccc1. The summed E-state index contributed by atoms with van der Waals surface area (Å²) in [5.74, 6) is 0. The van der Waals surface area contributed by atoms with Gasteiger partial charge in [-0.2, -0.15) is 0 Å². The highest BCUT2D eigenvalue weighted by Crippen LogP contribution is 2.25. The molecule has 1 heterocycles. The van der Waals surface area contributed by atoms with Crippen LogP contribution in [0.5, 0.6) is 0 Å². The molecule has 4 nitrogen and oxygen atoms in total. The van der Waals surface area contributed by atoms with Crippen LogP contribution in [0, 0.1) is 13.8 Å². The zero-order valence-electron chi connectivity index (χ0n) is 17.4. The van der Waals surface area contributed by atoms with Gasteiger partial charge in [0.25, 0.3) is 5.56 Å². The highest BCUT2D eigenvalue weighted by Gasteiger charge is 2.17. The van der Waals surface area contributed by atoms with Gasteiger partial charge in [0, 0.05) is 12.1 Å². The zero-order chi connectivity index (χ0) is 21.0. The summed E-state index contributed by atoms with van der Waals surface area (Å²) in [6.45, 7) is 10.8. The third-order valence-electron chi connectivity index (χ3n) is 5.20. The second-order valence-electron chi connectivity index (χ2n) is 7.54. The number of benzene rings is 2. The predicted molar refractivity (Wildman–Crippen MR) is 120 cm³/mol. The van der Waals surface area contributed by atoms with Crippen molar-refractivity contribution in [2.45, 2.75) is 46.6 Å². The normalized spacial score (nSPS) is 10.9. The average Bonchev–Trinajstić information content (AvgIpc) is 2.68. The molecule has 1 N–H and O–H groups in total.